The maximum Gasteiger partial charge on any atom is 0.130 e. The van der Waals surface area contributed by atoms with Crippen molar-refractivity contribution in [3.8, 4) is 6.07 Å². The first-order chi connectivity index (χ1) is 4.74. The molecular formula is C6H2BrClN2. The molecule has 0 bridgehead atoms. The SMILES string of the molecule is N#Cc1ccc(Cl)nc1Br. The van der Waals surface area contributed by atoms with Crippen molar-refractivity contribution in [2.45, 2.75) is 0 Å². The molecule has 0 radical (unpaired) electrons. The van der Waals surface area contributed by atoms with E-state index in [-0.39, 0.29) is 0 Å². The molecule has 0 aliphatic heterocycles. The highest BCUT2D eigenvalue weighted by atomic mass is 79.9. The lowest BCUT2D eigenvalue weighted by Gasteiger charge is -1.92. The third kappa shape index (κ3) is 1.47. The van der Waals surface area contributed by atoms with Gasteiger partial charge in [0.1, 0.15) is 15.8 Å². The normalized spacial score (nSPS) is 8.90. The number of aromatic nitrogens is 1. The van der Waals surface area contributed by atoms with E-state index in [4.69, 9.17) is 16.9 Å². The lowest BCUT2D eigenvalue weighted by molar-refractivity contribution is 1.25. The van der Waals surface area contributed by atoms with Crippen LogP contribution in [0.1, 0.15) is 5.56 Å². The molecule has 0 saturated heterocycles. The van der Waals surface area contributed by atoms with Crippen molar-refractivity contribution in [1.29, 1.82) is 5.26 Å². The number of hydrogen-bond acceptors (Lipinski definition) is 2. The molecule has 1 heterocycles. The van der Waals surface area contributed by atoms with Gasteiger partial charge in [-0.1, -0.05) is 11.6 Å². The summed E-state index contributed by atoms with van der Waals surface area (Å²) in [7, 11) is 0. The number of pyridine rings is 1. The summed E-state index contributed by atoms with van der Waals surface area (Å²) in [6.45, 7) is 0. The van der Waals surface area contributed by atoms with E-state index in [1.165, 1.54) is 0 Å². The molecule has 0 unspecified atom stereocenters. The lowest BCUT2D eigenvalue weighted by atomic mass is 10.3. The first kappa shape index (κ1) is 7.52. The summed E-state index contributed by atoms with van der Waals surface area (Å²) in [6.07, 6.45) is 0. The molecule has 0 N–H and O–H groups in total. The highest BCUT2D eigenvalue weighted by molar-refractivity contribution is 9.10. The van der Waals surface area contributed by atoms with Gasteiger partial charge in [0.15, 0.2) is 0 Å². The van der Waals surface area contributed by atoms with E-state index in [1.54, 1.807) is 12.1 Å². The summed E-state index contributed by atoms with van der Waals surface area (Å²) in [5.41, 5.74) is 0.490. The summed E-state index contributed by atoms with van der Waals surface area (Å²) in [5.74, 6) is 0. The number of nitriles is 1. The second kappa shape index (κ2) is 3.00. The summed E-state index contributed by atoms with van der Waals surface area (Å²) in [5, 5.41) is 8.83. The Balaban J connectivity index is 3.23. The van der Waals surface area contributed by atoms with Gasteiger partial charge in [0.2, 0.25) is 0 Å². The van der Waals surface area contributed by atoms with Crippen molar-refractivity contribution < 1.29 is 0 Å². The molecule has 0 fully saturated rings. The molecule has 0 amide bonds. The topological polar surface area (TPSA) is 36.7 Å². The van der Waals surface area contributed by atoms with Crippen molar-refractivity contribution in [2.75, 3.05) is 0 Å². The molecule has 1 aromatic heterocycles. The lowest BCUT2D eigenvalue weighted by Crippen LogP contribution is -1.81. The number of hydrogen-bond donors (Lipinski definition) is 0. The Morgan fingerprint density at radius 2 is 2.30 bits per heavy atom. The first-order valence-electron chi connectivity index (χ1n) is 2.46. The van der Waals surface area contributed by atoms with Gasteiger partial charge in [0.05, 0.1) is 5.56 Å². The van der Waals surface area contributed by atoms with Crippen molar-refractivity contribution in [2.24, 2.45) is 0 Å². The molecule has 0 aliphatic carbocycles. The van der Waals surface area contributed by atoms with Crippen LogP contribution in [0.5, 0.6) is 0 Å². The minimum absolute atomic E-state index is 0.380. The summed E-state index contributed by atoms with van der Waals surface area (Å²) in [6, 6.07) is 5.14. The van der Waals surface area contributed by atoms with E-state index in [2.05, 4.69) is 20.9 Å². The van der Waals surface area contributed by atoms with Crippen LogP contribution >= 0.6 is 27.5 Å². The van der Waals surface area contributed by atoms with Gasteiger partial charge in [-0.3, -0.25) is 0 Å². The maximum absolute atomic E-state index is 8.45. The molecule has 0 saturated carbocycles. The van der Waals surface area contributed by atoms with Crippen LogP contribution in [-0.2, 0) is 0 Å². The zero-order valence-corrected chi connectivity index (χ0v) is 7.15. The van der Waals surface area contributed by atoms with E-state index in [0.29, 0.717) is 15.3 Å². The van der Waals surface area contributed by atoms with E-state index in [9.17, 15) is 0 Å². The molecule has 4 heteroatoms. The van der Waals surface area contributed by atoms with Gasteiger partial charge in [-0.25, -0.2) is 4.98 Å². The molecule has 0 aromatic carbocycles. The Morgan fingerprint density at radius 3 is 2.80 bits per heavy atom. The van der Waals surface area contributed by atoms with Crippen LogP contribution in [0.4, 0.5) is 0 Å². The van der Waals surface area contributed by atoms with Crippen molar-refractivity contribution in [3.63, 3.8) is 0 Å². The fourth-order valence-electron chi connectivity index (χ4n) is 0.496. The average molecular weight is 217 g/mol. The Hall–Kier alpha value is -0.590. The summed E-state index contributed by atoms with van der Waals surface area (Å²) in [4.78, 5) is 3.80. The molecular weight excluding hydrogens is 215 g/mol. The number of rotatable bonds is 0. The van der Waals surface area contributed by atoms with Crippen molar-refractivity contribution in [3.05, 3.63) is 27.5 Å². The fraction of sp³-hybridized carbons (Fsp3) is 0. The summed E-state index contributed by atoms with van der Waals surface area (Å²) < 4.78 is 0.488. The highest BCUT2D eigenvalue weighted by Gasteiger charge is 1.98. The average Bonchev–Trinajstić information content (AvgIpc) is 1.88. The first-order valence-corrected chi connectivity index (χ1v) is 3.63. The third-order valence-electron chi connectivity index (χ3n) is 0.935. The Morgan fingerprint density at radius 1 is 1.60 bits per heavy atom. The molecule has 1 aromatic rings. The molecule has 0 spiro atoms. The van der Waals surface area contributed by atoms with Crippen LogP contribution in [0.2, 0.25) is 5.15 Å². The minimum atomic E-state index is 0.380. The smallest absolute Gasteiger partial charge is 0.130 e. The van der Waals surface area contributed by atoms with Crippen LogP contribution in [0.15, 0.2) is 16.7 Å². The summed E-state index contributed by atoms with van der Waals surface area (Å²) >= 11 is 8.61. The predicted octanol–water partition coefficient (Wildman–Crippen LogP) is 2.37. The number of halogens is 2. The van der Waals surface area contributed by atoms with Crippen molar-refractivity contribution >= 4 is 27.5 Å². The zero-order valence-electron chi connectivity index (χ0n) is 4.81. The minimum Gasteiger partial charge on any atom is -0.228 e. The van der Waals surface area contributed by atoms with E-state index >= 15 is 0 Å². The van der Waals surface area contributed by atoms with Gasteiger partial charge in [0, 0.05) is 0 Å². The molecule has 0 atom stereocenters. The van der Waals surface area contributed by atoms with Gasteiger partial charge in [0.25, 0.3) is 0 Å². The Kier molecular flexibility index (Phi) is 2.25. The molecule has 50 valence electrons. The molecule has 2 nitrogen and oxygen atoms in total. The third-order valence-corrected chi connectivity index (χ3v) is 1.75. The van der Waals surface area contributed by atoms with Crippen LogP contribution in [0, 0.1) is 11.3 Å². The van der Waals surface area contributed by atoms with Gasteiger partial charge in [-0.2, -0.15) is 5.26 Å². The van der Waals surface area contributed by atoms with Crippen LogP contribution < -0.4 is 0 Å². The predicted molar refractivity (Wildman–Crippen MR) is 41.7 cm³/mol. The van der Waals surface area contributed by atoms with Crippen LogP contribution in [-0.4, -0.2) is 4.98 Å². The van der Waals surface area contributed by atoms with Crippen molar-refractivity contribution in [1.82, 2.24) is 4.98 Å². The van der Waals surface area contributed by atoms with Gasteiger partial charge in [-0.05, 0) is 28.1 Å². The second-order valence-corrected chi connectivity index (χ2v) is 2.72. The largest absolute Gasteiger partial charge is 0.228 e. The second-order valence-electron chi connectivity index (χ2n) is 1.58. The molecule has 1 rings (SSSR count). The monoisotopic (exact) mass is 216 g/mol. The van der Waals surface area contributed by atoms with Crippen LogP contribution in [0.3, 0.4) is 0 Å². The number of nitrogens with zero attached hydrogens (tertiary/aromatic N) is 2. The van der Waals surface area contributed by atoms with Gasteiger partial charge >= 0.3 is 0 Å². The molecule has 10 heavy (non-hydrogen) atoms. The van der Waals surface area contributed by atoms with E-state index < -0.39 is 0 Å². The fourth-order valence-corrected chi connectivity index (χ4v) is 1.16. The van der Waals surface area contributed by atoms with E-state index in [1.807, 2.05) is 6.07 Å². The standard InChI is InChI=1S/C6H2BrClN2/c7-6-4(3-9)1-2-5(8)10-6/h1-2H. The zero-order chi connectivity index (χ0) is 7.56. The van der Waals surface area contributed by atoms with E-state index in [0.717, 1.165) is 0 Å². The maximum atomic E-state index is 8.45. The highest BCUT2D eigenvalue weighted by Crippen LogP contribution is 2.15. The van der Waals surface area contributed by atoms with Gasteiger partial charge < -0.3 is 0 Å². The Labute approximate surface area is 71.6 Å². The Bertz CT molecular complexity index is 292. The van der Waals surface area contributed by atoms with Gasteiger partial charge in [-0.15, -0.1) is 0 Å². The quantitative estimate of drug-likeness (QED) is 0.626. The molecule has 0 aliphatic rings. The van der Waals surface area contributed by atoms with Crippen LogP contribution in [0.25, 0.3) is 0 Å².